The van der Waals surface area contributed by atoms with Crippen LogP contribution in [0.3, 0.4) is 0 Å². The highest BCUT2D eigenvalue weighted by atomic mass is 32.2. The van der Waals surface area contributed by atoms with E-state index in [0.717, 1.165) is 5.56 Å². The molecule has 2 N–H and O–H groups in total. The van der Waals surface area contributed by atoms with E-state index in [-0.39, 0.29) is 5.75 Å². The Kier molecular flexibility index (Phi) is 5.03. The van der Waals surface area contributed by atoms with Crippen molar-refractivity contribution in [2.24, 2.45) is 5.14 Å². The van der Waals surface area contributed by atoms with Crippen molar-refractivity contribution in [1.29, 1.82) is 0 Å². The molecule has 0 unspecified atom stereocenters. The fraction of sp³-hybridized carbons (Fsp3) is 0.111. The van der Waals surface area contributed by atoms with E-state index in [1.807, 2.05) is 6.07 Å². The topological polar surface area (TPSA) is 60.2 Å². The van der Waals surface area contributed by atoms with Crippen LogP contribution in [0.5, 0.6) is 0 Å². The molecule has 0 atom stereocenters. The first-order chi connectivity index (χ1) is 6.08. The van der Waals surface area contributed by atoms with Gasteiger partial charge in [-0.2, -0.15) is 0 Å². The van der Waals surface area contributed by atoms with Crippen molar-refractivity contribution in [3.63, 3.8) is 0 Å². The molecule has 0 aliphatic heterocycles. The van der Waals surface area contributed by atoms with Crippen LogP contribution in [-0.4, -0.2) is 8.42 Å². The van der Waals surface area contributed by atoms with Gasteiger partial charge in [0, 0.05) is 0 Å². The Morgan fingerprint density at radius 1 is 1.15 bits per heavy atom. The predicted molar refractivity (Wildman–Crippen MR) is 54.5 cm³/mol. The van der Waals surface area contributed by atoms with E-state index in [4.69, 9.17) is 5.14 Å². The number of nitrogens with two attached hydrogens (primary N) is 1. The molecular weight excluding hydrogens is 186 g/mol. The quantitative estimate of drug-likeness (QED) is 0.729. The summed E-state index contributed by atoms with van der Waals surface area (Å²) in [5.74, 6) is -0.0894. The molecule has 0 spiro atoms. The van der Waals surface area contributed by atoms with Crippen molar-refractivity contribution >= 4 is 10.0 Å². The van der Waals surface area contributed by atoms with Crippen LogP contribution >= 0.6 is 0 Å². The van der Waals surface area contributed by atoms with Crippen molar-refractivity contribution in [3.8, 4) is 0 Å². The SMILES string of the molecule is C=C.NS(=O)(=O)Cc1ccccc1. The minimum absolute atomic E-state index is 0.0894. The molecule has 0 heterocycles. The van der Waals surface area contributed by atoms with Gasteiger partial charge in [0.05, 0.1) is 5.75 Å². The van der Waals surface area contributed by atoms with Crippen molar-refractivity contribution < 1.29 is 8.42 Å². The molecule has 1 aromatic rings. The molecule has 13 heavy (non-hydrogen) atoms. The molecule has 0 aliphatic carbocycles. The summed E-state index contributed by atoms with van der Waals surface area (Å²) in [6.07, 6.45) is 0. The lowest BCUT2D eigenvalue weighted by atomic mass is 10.2. The summed E-state index contributed by atoms with van der Waals surface area (Å²) in [4.78, 5) is 0. The van der Waals surface area contributed by atoms with Gasteiger partial charge in [0.1, 0.15) is 0 Å². The maximum atomic E-state index is 10.6. The van der Waals surface area contributed by atoms with Crippen LogP contribution in [0.25, 0.3) is 0 Å². The number of hydrogen-bond donors (Lipinski definition) is 1. The zero-order chi connectivity index (χ0) is 10.3. The predicted octanol–water partition coefficient (Wildman–Crippen LogP) is 1.28. The molecule has 0 bridgehead atoms. The minimum Gasteiger partial charge on any atom is -0.228 e. The second kappa shape index (κ2) is 5.50. The Hall–Kier alpha value is -1.13. The lowest BCUT2D eigenvalue weighted by Gasteiger charge is -1.96. The lowest BCUT2D eigenvalue weighted by Crippen LogP contribution is -2.14. The van der Waals surface area contributed by atoms with Crippen molar-refractivity contribution in [3.05, 3.63) is 49.1 Å². The normalized spacial score (nSPS) is 9.92. The zero-order valence-electron chi connectivity index (χ0n) is 7.31. The Balaban J connectivity index is 0.000000671. The summed E-state index contributed by atoms with van der Waals surface area (Å²) in [6, 6.07) is 8.84. The monoisotopic (exact) mass is 199 g/mol. The molecule has 0 saturated heterocycles. The summed E-state index contributed by atoms with van der Waals surface area (Å²) in [7, 11) is -3.38. The summed E-state index contributed by atoms with van der Waals surface area (Å²) in [5.41, 5.74) is 0.718. The molecule has 0 saturated carbocycles. The van der Waals surface area contributed by atoms with Gasteiger partial charge in [0.25, 0.3) is 0 Å². The molecule has 0 fully saturated rings. The van der Waals surface area contributed by atoms with E-state index in [1.165, 1.54) is 0 Å². The number of benzene rings is 1. The van der Waals surface area contributed by atoms with Crippen molar-refractivity contribution in [1.82, 2.24) is 0 Å². The van der Waals surface area contributed by atoms with Crippen molar-refractivity contribution in [2.45, 2.75) is 5.75 Å². The molecule has 0 amide bonds. The van der Waals surface area contributed by atoms with Gasteiger partial charge in [0.15, 0.2) is 0 Å². The van der Waals surface area contributed by atoms with Crippen molar-refractivity contribution in [2.75, 3.05) is 0 Å². The van der Waals surface area contributed by atoms with Gasteiger partial charge in [-0.05, 0) is 5.56 Å². The van der Waals surface area contributed by atoms with Gasteiger partial charge in [-0.15, -0.1) is 13.2 Å². The summed E-state index contributed by atoms with van der Waals surface area (Å²) < 4.78 is 21.2. The highest BCUT2D eigenvalue weighted by Gasteiger charge is 2.02. The second-order valence-electron chi connectivity index (χ2n) is 2.29. The van der Waals surface area contributed by atoms with E-state index < -0.39 is 10.0 Å². The molecule has 1 aromatic carbocycles. The third kappa shape index (κ3) is 6.07. The van der Waals surface area contributed by atoms with Crippen LogP contribution < -0.4 is 5.14 Å². The van der Waals surface area contributed by atoms with Gasteiger partial charge in [0.2, 0.25) is 10.0 Å². The van der Waals surface area contributed by atoms with E-state index in [2.05, 4.69) is 13.2 Å². The number of primary sulfonamides is 1. The first kappa shape index (κ1) is 11.9. The summed E-state index contributed by atoms with van der Waals surface area (Å²) in [6.45, 7) is 6.00. The van der Waals surface area contributed by atoms with Crippen LogP contribution in [0, 0.1) is 0 Å². The molecule has 1 rings (SSSR count). The average molecular weight is 199 g/mol. The summed E-state index contributed by atoms with van der Waals surface area (Å²) in [5, 5.41) is 4.84. The Morgan fingerprint density at radius 2 is 1.62 bits per heavy atom. The fourth-order valence-corrected chi connectivity index (χ4v) is 1.46. The molecule has 0 radical (unpaired) electrons. The lowest BCUT2D eigenvalue weighted by molar-refractivity contribution is 0.597. The Labute approximate surface area is 78.9 Å². The van der Waals surface area contributed by atoms with Crippen LogP contribution in [-0.2, 0) is 15.8 Å². The summed E-state index contributed by atoms with van der Waals surface area (Å²) >= 11 is 0. The largest absolute Gasteiger partial charge is 0.228 e. The average Bonchev–Trinajstić information content (AvgIpc) is 2.07. The smallest absolute Gasteiger partial charge is 0.213 e. The molecule has 3 nitrogen and oxygen atoms in total. The third-order valence-electron chi connectivity index (χ3n) is 1.21. The highest BCUT2D eigenvalue weighted by Crippen LogP contribution is 2.01. The maximum absolute atomic E-state index is 10.6. The third-order valence-corrected chi connectivity index (χ3v) is 1.95. The van der Waals surface area contributed by atoms with Gasteiger partial charge >= 0.3 is 0 Å². The van der Waals surface area contributed by atoms with Gasteiger partial charge < -0.3 is 0 Å². The van der Waals surface area contributed by atoms with Crippen LogP contribution in [0.2, 0.25) is 0 Å². The molecule has 0 aliphatic rings. The number of rotatable bonds is 2. The first-order valence-electron chi connectivity index (χ1n) is 3.62. The van der Waals surface area contributed by atoms with Crippen LogP contribution in [0.4, 0.5) is 0 Å². The Morgan fingerprint density at radius 3 is 2.00 bits per heavy atom. The van der Waals surface area contributed by atoms with Gasteiger partial charge in [-0.25, -0.2) is 13.6 Å². The van der Waals surface area contributed by atoms with Gasteiger partial charge in [-0.3, -0.25) is 0 Å². The number of sulfonamides is 1. The van der Waals surface area contributed by atoms with Gasteiger partial charge in [-0.1, -0.05) is 30.3 Å². The van der Waals surface area contributed by atoms with Crippen LogP contribution in [0.1, 0.15) is 5.56 Å². The maximum Gasteiger partial charge on any atom is 0.213 e. The molecule has 0 aromatic heterocycles. The molecule has 4 heteroatoms. The fourth-order valence-electron chi connectivity index (χ4n) is 0.807. The van der Waals surface area contributed by atoms with Crippen LogP contribution in [0.15, 0.2) is 43.5 Å². The number of hydrogen-bond acceptors (Lipinski definition) is 2. The zero-order valence-corrected chi connectivity index (χ0v) is 8.13. The van der Waals surface area contributed by atoms with E-state index >= 15 is 0 Å². The standard InChI is InChI=1S/C7H9NO2S.C2H4/c8-11(9,10)6-7-4-2-1-3-5-7;1-2/h1-5H,6H2,(H2,8,9,10);1-2H2. The molecule has 72 valence electrons. The first-order valence-corrected chi connectivity index (χ1v) is 5.34. The second-order valence-corrected chi connectivity index (χ2v) is 3.91. The van der Waals surface area contributed by atoms with E-state index in [1.54, 1.807) is 24.3 Å². The Bertz CT molecular complexity index is 332. The minimum atomic E-state index is -3.38. The highest BCUT2D eigenvalue weighted by molar-refractivity contribution is 7.88. The van der Waals surface area contributed by atoms with E-state index in [9.17, 15) is 8.42 Å². The van der Waals surface area contributed by atoms with E-state index in [0.29, 0.717) is 0 Å². The molecular formula is C9H13NO2S.